The molecule has 1 aliphatic rings. The van der Waals surface area contributed by atoms with Gasteiger partial charge in [0.1, 0.15) is 11.5 Å². The number of para-hydroxylation sites is 2. The lowest BCUT2D eigenvalue weighted by Gasteiger charge is -2.16. The third-order valence-corrected chi connectivity index (χ3v) is 8.02. The maximum atomic E-state index is 6.29. The van der Waals surface area contributed by atoms with Gasteiger partial charge in [0.15, 0.2) is 0 Å². The van der Waals surface area contributed by atoms with Gasteiger partial charge in [-0.05, 0) is 77.0 Å². The fraction of sp³-hybridized carbons (Fsp3) is 0. The molecule has 3 heterocycles. The maximum Gasteiger partial charge on any atom is 0.135 e. The first-order chi connectivity index (χ1) is 20.8. The molecule has 0 fully saturated rings. The summed E-state index contributed by atoms with van der Waals surface area (Å²) in [5, 5.41) is 4.60. The van der Waals surface area contributed by atoms with E-state index in [0.717, 1.165) is 61.1 Å². The molecule has 198 valence electrons. The van der Waals surface area contributed by atoms with Crippen LogP contribution >= 0.6 is 0 Å². The molecule has 0 N–H and O–H groups in total. The van der Waals surface area contributed by atoms with Crippen molar-refractivity contribution >= 4 is 34.0 Å². The summed E-state index contributed by atoms with van der Waals surface area (Å²) in [6.45, 7) is 3.88. The number of fused-ring (bicyclic) bond motifs is 5. The Balaban J connectivity index is 1.31. The van der Waals surface area contributed by atoms with Gasteiger partial charge in [-0.1, -0.05) is 85.5 Å². The highest BCUT2D eigenvalue weighted by Gasteiger charge is 2.17. The number of hydrogen-bond donors (Lipinski definition) is 0. The minimum absolute atomic E-state index is 0.866. The number of nitrogens with zero attached hydrogens (tertiary/aromatic N) is 2. The molecule has 8 rings (SSSR count). The lowest BCUT2D eigenvalue weighted by molar-refractivity contribution is 0.473. The predicted molar refractivity (Wildman–Crippen MR) is 173 cm³/mol. The van der Waals surface area contributed by atoms with Gasteiger partial charge in [-0.25, -0.2) is 0 Å². The van der Waals surface area contributed by atoms with Crippen LogP contribution in [-0.4, -0.2) is 9.55 Å². The smallest absolute Gasteiger partial charge is 0.135 e. The monoisotopic (exact) mass is 538 g/mol. The van der Waals surface area contributed by atoms with E-state index in [0.29, 0.717) is 0 Å². The number of aromatic nitrogens is 2. The van der Waals surface area contributed by atoms with Crippen LogP contribution in [0.15, 0.2) is 140 Å². The minimum Gasteiger partial charge on any atom is -0.456 e. The summed E-state index contributed by atoms with van der Waals surface area (Å²) in [7, 11) is 0. The van der Waals surface area contributed by atoms with E-state index in [-0.39, 0.29) is 0 Å². The molecule has 42 heavy (non-hydrogen) atoms. The summed E-state index contributed by atoms with van der Waals surface area (Å²) in [4.78, 5) is 4.67. The molecule has 0 saturated heterocycles. The lowest BCUT2D eigenvalue weighted by atomic mass is 9.98. The van der Waals surface area contributed by atoms with Crippen molar-refractivity contribution in [2.45, 2.75) is 0 Å². The van der Waals surface area contributed by atoms with Crippen molar-refractivity contribution in [2.75, 3.05) is 0 Å². The molecule has 0 aliphatic carbocycles. The number of allylic oxidation sites excluding steroid dienone is 1. The second-order valence-corrected chi connectivity index (χ2v) is 10.5. The van der Waals surface area contributed by atoms with E-state index in [9.17, 15) is 0 Å². The van der Waals surface area contributed by atoms with Gasteiger partial charge in [-0.2, -0.15) is 0 Å². The Morgan fingerprint density at radius 2 is 1.48 bits per heavy atom. The van der Waals surface area contributed by atoms with E-state index >= 15 is 0 Å². The van der Waals surface area contributed by atoms with E-state index in [1.54, 1.807) is 0 Å². The van der Waals surface area contributed by atoms with Crippen LogP contribution in [0.5, 0.6) is 11.5 Å². The Labute approximate surface area is 243 Å². The zero-order chi connectivity index (χ0) is 28.0. The normalized spacial score (nSPS) is 12.4. The van der Waals surface area contributed by atoms with Crippen LogP contribution in [0.4, 0.5) is 0 Å². The molecular weight excluding hydrogens is 512 g/mol. The van der Waals surface area contributed by atoms with Crippen molar-refractivity contribution in [1.82, 2.24) is 9.55 Å². The van der Waals surface area contributed by atoms with E-state index in [1.807, 2.05) is 42.6 Å². The molecule has 0 spiro atoms. The molecule has 3 nitrogen and oxygen atoms in total. The van der Waals surface area contributed by atoms with E-state index in [2.05, 4.69) is 119 Å². The highest BCUT2D eigenvalue weighted by molar-refractivity contribution is 6.11. The van der Waals surface area contributed by atoms with E-state index < -0.39 is 0 Å². The topological polar surface area (TPSA) is 27.1 Å². The van der Waals surface area contributed by atoms with Crippen molar-refractivity contribution < 1.29 is 4.74 Å². The number of rotatable bonds is 4. The van der Waals surface area contributed by atoms with Crippen molar-refractivity contribution in [3.63, 3.8) is 0 Å². The van der Waals surface area contributed by atoms with Crippen molar-refractivity contribution in [3.8, 4) is 39.6 Å². The standard InChI is InChI=1S/C39H26N2O/c1-2-10-26-11-9-17-39-32(26)25-29-23-27(19-21-38(29)42-39)28-18-20-37-33(24-28)30-12-3-5-15-35(30)41(37)36-16-6-4-13-31(36)34-14-7-8-22-40-34/h2-25H,1H2/b26-10-. The van der Waals surface area contributed by atoms with Crippen LogP contribution in [0, 0.1) is 0 Å². The third kappa shape index (κ3) is 3.87. The molecule has 2 aromatic heterocycles. The fourth-order valence-corrected chi connectivity index (χ4v) is 6.10. The Bertz CT molecular complexity index is 2290. The van der Waals surface area contributed by atoms with Crippen LogP contribution < -0.4 is 15.2 Å². The molecule has 0 bridgehead atoms. The molecule has 0 amide bonds. The number of pyridine rings is 1. The fourth-order valence-electron chi connectivity index (χ4n) is 6.10. The zero-order valence-corrected chi connectivity index (χ0v) is 22.9. The van der Waals surface area contributed by atoms with Gasteiger partial charge in [-0.3, -0.25) is 4.98 Å². The largest absolute Gasteiger partial charge is 0.456 e. The molecular formula is C39H26N2O. The second-order valence-electron chi connectivity index (χ2n) is 10.5. The van der Waals surface area contributed by atoms with Gasteiger partial charge in [0.05, 0.1) is 22.4 Å². The number of ether oxygens (including phenoxy) is 1. The molecule has 0 radical (unpaired) electrons. The van der Waals surface area contributed by atoms with Crippen LogP contribution in [-0.2, 0) is 0 Å². The Morgan fingerprint density at radius 1 is 0.667 bits per heavy atom. The van der Waals surface area contributed by atoms with Crippen molar-refractivity contribution in [1.29, 1.82) is 0 Å². The van der Waals surface area contributed by atoms with Crippen LogP contribution in [0.2, 0.25) is 0 Å². The van der Waals surface area contributed by atoms with Crippen LogP contribution in [0.1, 0.15) is 5.56 Å². The van der Waals surface area contributed by atoms with Gasteiger partial charge >= 0.3 is 0 Å². The zero-order valence-electron chi connectivity index (χ0n) is 22.9. The minimum atomic E-state index is 0.866. The molecule has 7 aromatic rings. The third-order valence-electron chi connectivity index (χ3n) is 8.02. The molecule has 1 aliphatic heterocycles. The van der Waals surface area contributed by atoms with Crippen LogP contribution in [0.3, 0.4) is 0 Å². The quantitative estimate of drug-likeness (QED) is 0.225. The van der Waals surface area contributed by atoms with E-state index in [4.69, 9.17) is 4.74 Å². The summed E-state index contributed by atoms with van der Waals surface area (Å²) in [5.41, 5.74) is 8.88. The summed E-state index contributed by atoms with van der Waals surface area (Å²) in [5.74, 6) is 1.73. The number of benzene rings is 5. The first-order valence-corrected chi connectivity index (χ1v) is 14.1. The van der Waals surface area contributed by atoms with Gasteiger partial charge in [0.2, 0.25) is 0 Å². The summed E-state index contributed by atoms with van der Waals surface area (Å²) < 4.78 is 8.65. The Kier molecular flexibility index (Phi) is 5.61. The SMILES string of the molecule is C=C/C=c1/cccc2c1=Cc1cc(-c3ccc4c(c3)c3ccccc3n4-c3ccccc3-c3ccccn3)ccc1O2. The molecule has 3 heteroatoms. The maximum absolute atomic E-state index is 6.29. The molecule has 5 aromatic carbocycles. The van der Waals surface area contributed by atoms with Gasteiger partial charge in [0, 0.05) is 33.3 Å². The first kappa shape index (κ1) is 24.2. The number of hydrogen-bond acceptors (Lipinski definition) is 2. The van der Waals surface area contributed by atoms with Crippen molar-refractivity contribution in [3.05, 3.63) is 156 Å². The second kappa shape index (κ2) is 9.76. The molecule has 0 saturated carbocycles. The van der Waals surface area contributed by atoms with E-state index in [1.165, 1.54) is 16.3 Å². The highest BCUT2D eigenvalue weighted by atomic mass is 16.5. The van der Waals surface area contributed by atoms with Crippen LogP contribution in [0.25, 0.3) is 62.0 Å². The highest BCUT2D eigenvalue weighted by Crippen LogP contribution is 2.38. The molecule has 0 unspecified atom stereocenters. The summed E-state index contributed by atoms with van der Waals surface area (Å²) in [6, 6.07) is 42.5. The van der Waals surface area contributed by atoms with Crippen molar-refractivity contribution in [2.24, 2.45) is 0 Å². The summed E-state index contributed by atoms with van der Waals surface area (Å²) in [6.07, 6.45) is 7.90. The average Bonchev–Trinajstić information content (AvgIpc) is 3.38. The average molecular weight is 539 g/mol. The van der Waals surface area contributed by atoms with Gasteiger partial charge in [-0.15, -0.1) is 0 Å². The molecule has 0 atom stereocenters. The summed E-state index contributed by atoms with van der Waals surface area (Å²) >= 11 is 0. The Hall–Kier alpha value is -5.67. The van der Waals surface area contributed by atoms with Gasteiger partial charge in [0.25, 0.3) is 0 Å². The van der Waals surface area contributed by atoms with Gasteiger partial charge < -0.3 is 9.30 Å². The lowest BCUT2D eigenvalue weighted by Crippen LogP contribution is -2.27. The Morgan fingerprint density at radius 3 is 2.38 bits per heavy atom. The predicted octanol–water partition coefficient (Wildman–Crippen LogP) is 8.41. The first-order valence-electron chi connectivity index (χ1n) is 14.1.